The molecule has 0 bridgehead atoms. The molecule has 1 aromatic rings. The summed E-state index contributed by atoms with van der Waals surface area (Å²) in [5.41, 5.74) is 0.290. The van der Waals surface area contributed by atoms with Crippen molar-refractivity contribution >= 4 is 23.5 Å². The quantitative estimate of drug-likeness (QED) is 0.868. The Labute approximate surface area is 122 Å². The minimum absolute atomic E-state index is 0.110. The largest absolute Gasteiger partial charge is 0.481 e. The summed E-state index contributed by atoms with van der Waals surface area (Å²) < 4.78 is 5.18. The first-order valence-corrected chi connectivity index (χ1v) is 6.51. The third-order valence-electron chi connectivity index (χ3n) is 2.65. The number of carbonyl (C=O) groups excluding carboxylic acids is 1. The van der Waals surface area contributed by atoms with Crippen LogP contribution in [0.15, 0.2) is 12.3 Å². The van der Waals surface area contributed by atoms with E-state index in [1.807, 2.05) is 0 Å². The molecule has 1 atom stereocenters. The predicted molar refractivity (Wildman–Crippen MR) is 74.2 cm³/mol. The van der Waals surface area contributed by atoms with Gasteiger partial charge in [-0.25, -0.2) is 4.98 Å². The van der Waals surface area contributed by atoms with Crippen molar-refractivity contribution < 1.29 is 19.4 Å². The van der Waals surface area contributed by atoms with Crippen LogP contribution in [0.1, 0.15) is 24.2 Å². The number of aliphatic carboxylic acids is 1. The van der Waals surface area contributed by atoms with E-state index in [9.17, 15) is 9.59 Å². The molecule has 0 saturated carbocycles. The van der Waals surface area contributed by atoms with Gasteiger partial charge in [-0.3, -0.25) is 9.59 Å². The summed E-state index contributed by atoms with van der Waals surface area (Å²) in [6, 6.07) is 1.46. The summed E-state index contributed by atoms with van der Waals surface area (Å²) in [5, 5.41) is 9.08. The number of carboxylic acids is 1. The average molecular weight is 301 g/mol. The van der Waals surface area contributed by atoms with Gasteiger partial charge in [-0.1, -0.05) is 18.5 Å². The Morgan fingerprint density at radius 3 is 2.70 bits per heavy atom. The number of pyridine rings is 1. The molecule has 7 heteroatoms. The number of nitrogens with zero attached hydrogens (tertiary/aromatic N) is 2. The second kappa shape index (κ2) is 7.09. The van der Waals surface area contributed by atoms with E-state index in [2.05, 4.69) is 4.98 Å². The standard InChI is InChI=1S/C13H17ClN2O4/c1-4-20-11-10(14)5-9(6-15-11)12(17)16(3)7-8(2)13(18)19/h5-6,8H,4,7H2,1-3H3,(H,18,19). The molecule has 1 unspecified atom stereocenters. The Balaban J connectivity index is 2.81. The van der Waals surface area contributed by atoms with Crippen LogP contribution in [0.4, 0.5) is 0 Å². The molecule has 6 nitrogen and oxygen atoms in total. The van der Waals surface area contributed by atoms with Crippen LogP contribution in [-0.4, -0.2) is 47.1 Å². The Morgan fingerprint density at radius 1 is 1.55 bits per heavy atom. The normalized spacial score (nSPS) is 11.8. The van der Waals surface area contributed by atoms with Crippen molar-refractivity contribution in [2.24, 2.45) is 5.92 Å². The van der Waals surface area contributed by atoms with Crippen molar-refractivity contribution in [3.05, 3.63) is 22.8 Å². The van der Waals surface area contributed by atoms with Crippen molar-refractivity contribution in [2.45, 2.75) is 13.8 Å². The third kappa shape index (κ3) is 4.09. The Hall–Kier alpha value is -1.82. The van der Waals surface area contributed by atoms with E-state index in [0.717, 1.165) is 0 Å². The number of carbonyl (C=O) groups is 2. The molecule has 0 radical (unpaired) electrons. The van der Waals surface area contributed by atoms with E-state index in [4.69, 9.17) is 21.4 Å². The van der Waals surface area contributed by atoms with Gasteiger partial charge in [-0.2, -0.15) is 0 Å². The van der Waals surface area contributed by atoms with Gasteiger partial charge in [0.2, 0.25) is 5.88 Å². The Morgan fingerprint density at radius 2 is 2.20 bits per heavy atom. The number of carboxylic acid groups (broad SMARTS) is 1. The zero-order valence-corrected chi connectivity index (χ0v) is 12.3. The second-order valence-corrected chi connectivity index (χ2v) is 4.78. The fourth-order valence-corrected chi connectivity index (χ4v) is 1.80. The highest BCUT2D eigenvalue weighted by Crippen LogP contribution is 2.23. The topological polar surface area (TPSA) is 79.7 Å². The van der Waals surface area contributed by atoms with Gasteiger partial charge in [-0.05, 0) is 13.0 Å². The average Bonchev–Trinajstić information content (AvgIpc) is 2.40. The zero-order valence-electron chi connectivity index (χ0n) is 11.6. The lowest BCUT2D eigenvalue weighted by Crippen LogP contribution is -2.33. The van der Waals surface area contributed by atoms with E-state index >= 15 is 0 Å². The molecular formula is C13H17ClN2O4. The Kier molecular flexibility index (Phi) is 5.76. The van der Waals surface area contributed by atoms with Crippen LogP contribution in [-0.2, 0) is 4.79 Å². The molecule has 1 heterocycles. The predicted octanol–water partition coefficient (Wildman–Crippen LogP) is 1.93. The van der Waals surface area contributed by atoms with Gasteiger partial charge in [0, 0.05) is 19.8 Å². The lowest BCUT2D eigenvalue weighted by atomic mass is 10.1. The van der Waals surface area contributed by atoms with E-state index in [1.54, 1.807) is 6.92 Å². The number of hydrogen-bond donors (Lipinski definition) is 1. The molecule has 1 amide bonds. The molecule has 110 valence electrons. The molecule has 1 aromatic heterocycles. The number of rotatable bonds is 6. The zero-order chi connectivity index (χ0) is 15.3. The van der Waals surface area contributed by atoms with E-state index in [0.29, 0.717) is 12.2 Å². The van der Waals surface area contributed by atoms with Crippen LogP contribution in [0.2, 0.25) is 5.02 Å². The van der Waals surface area contributed by atoms with Gasteiger partial charge >= 0.3 is 5.97 Å². The molecule has 0 aliphatic rings. The molecule has 1 rings (SSSR count). The maximum absolute atomic E-state index is 12.1. The SMILES string of the molecule is CCOc1ncc(C(=O)N(C)CC(C)C(=O)O)cc1Cl. The maximum Gasteiger partial charge on any atom is 0.308 e. The van der Waals surface area contributed by atoms with E-state index in [-0.39, 0.29) is 23.4 Å². The van der Waals surface area contributed by atoms with E-state index in [1.165, 1.54) is 31.1 Å². The van der Waals surface area contributed by atoms with Gasteiger partial charge in [0.1, 0.15) is 5.02 Å². The van der Waals surface area contributed by atoms with Gasteiger partial charge in [-0.15, -0.1) is 0 Å². The lowest BCUT2D eigenvalue weighted by molar-refractivity contribution is -0.141. The second-order valence-electron chi connectivity index (χ2n) is 4.37. The van der Waals surface area contributed by atoms with Crippen molar-refractivity contribution in [3.8, 4) is 5.88 Å². The minimum atomic E-state index is -0.951. The Bertz CT molecular complexity index is 507. The summed E-state index contributed by atoms with van der Waals surface area (Å²) in [6.07, 6.45) is 1.36. The van der Waals surface area contributed by atoms with Crippen molar-refractivity contribution in [1.82, 2.24) is 9.88 Å². The fraction of sp³-hybridized carbons (Fsp3) is 0.462. The maximum atomic E-state index is 12.1. The van der Waals surface area contributed by atoms with Crippen molar-refractivity contribution in [2.75, 3.05) is 20.2 Å². The summed E-state index contributed by atoms with van der Waals surface area (Å²) in [7, 11) is 1.53. The van der Waals surface area contributed by atoms with Crippen LogP contribution in [0.3, 0.4) is 0 Å². The highest BCUT2D eigenvalue weighted by atomic mass is 35.5. The molecule has 0 spiro atoms. The number of ether oxygens (including phenoxy) is 1. The van der Waals surface area contributed by atoms with Crippen LogP contribution in [0.25, 0.3) is 0 Å². The van der Waals surface area contributed by atoms with Crippen LogP contribution >= 0.6 is 11.6 Å². The summed E-state index contributed by atoms with van der Waals surface area (Å²) in [5.74, 6) is -1.66. The number of hydrogen-bond acceptors (Lipinski definition) is 4. The molecule has 1 N–H and O–H groups in total. The smallest absolute Gasteiger partial charge is 0.308 e. The first kappa shape index (κ1) is 16.2. The van der Waals surface area contributed by atoms with Gasteiger partial charge in [0.25, 0.3) is 5.91 Å². The molecule has 20 heavy (non-hydrogen) atoms. The van der Waals surface area contributed by atoms with Gasteiger partial charge < -0.3 is 14.7 Å². The number of halogens is 1. The highest BCUT2D eigenvalue weighted by molar-refractivity contribution is 6.32. The summed E-state index contributed by atoms with van der Waals surface area (Å²) in [6.45, 7) is 3.88. The summed E-state index contributed by atoms with van der Waals surface area (Å²) >= 11 is 5.96. The van der Waals surface area contributed by atoms with Gasteiger partial charge in [0.15, 0.2) is 0 Å². The van der Waals surface area contributed by atoms with Gasteiger partial charge in [0.05, 0.1) is 18.1 Å². The number of amides is 1. The van der Waals surface area contributed by atoms with E-state index < -0.39 is 11.9 Å². The van der Waals surface area contributed by atoms with Crippen molar-refractivity contribution in [1.29, 1.82) is 0 Å². The number of aromatic nitrogens is 1. The summed E-state index contributed by atoms with van der Waals surface area (Å²) in [4.78, 5) is 28.2. The minimum Gasteiger partial charge on any atom is -0.481 e. The molecule has 0 saturated heterocycles. The van der Waals surface area contributed by atoms with Crippen molar-refractivity contribution in [3.63, 3.8) is 0 Å². The molecule has 0 fully saturated rings. The molecular weight excluding hydrogens is 284 g/mol. The third-order valence-corrected chi connectivity index (χ3v) is 2.92. The van der Waals surface area contributed by atoms with Crippen LogP contribution in [0.5, 0.6) is 5.88 Å². The molecule has 0 aliphatic heterocycles. The van der Waals surface area contributed by atoms with Crippen LogP contribution in [0, 0.1) is 5.92 Å². The fourth-order valence-electron chi connectivity index (χ4n) is 1.58. The molecule has 0 aliphatic carbocycles. The van der Waals surface area contributed by atoms with Crippen LogP contribution < -0.4 is 4.74 Å². The lowest BCUT2D eigenvalue weighted by Gasteiger charge is -2.19. The first-order chi connectivity index (χ1) is 9.36. The molecule has 0 aromatic carbocycles. The monoisotopic (exact) mass is 300 g/mol. The first-order valence-electron chi connectivity index (χ1n) is 6.13. The highest BCUT2D eigenvalue weighted by Gasteiger charge is 2.19.